The average Bonchev–Trinajstić information content (AvgIpc) is 2.64. The Morgan fingerprint density at radius 2 is 2.00 bits per heavy atom. The van der Waals surface area contributed by atoms with Gasteiger partial charge in [0.15, 0.2) is 0 Å². The number of amides is 1. The number of benzene rings is 2. The Kier molecular flexibility index (Phi) is 6.71. The number of hydrogen-bond acceptors (Lipinski definition) is 5. The highest BCUT2D eigenvalue weighted by Gasteiger charge is 2.13. The van der Waals surface area contributed by atoms with Crippen LogP contribution in [0, 0.1) is 21.4 Å². The van der Waals surface area contributed by atoms with E-state index in [1.54, 1.807) is 6.07 Å². The van der Waals surface area contributed by atoms with Crippen molar-refractivity contribution in [3.05, 3.63) is 81.0 Å². The van der Waals surface area contributed by atoms with Crippen molar-refractivity contribution in [3.63, 3.8) is 0 Å². The van der Waals surface area contributed by atoms with Crippen LogP contribution in [-0.2, 0) is 11.2 Å². The van der Waals surface area contributed by atoms with Crippen LogP contribution in [0.25, 0.3) is 0 Å². The first-order chi connectivity index (χ1) is 12.5. The first-order valence-corrected chi connectivity index (χ1v) is 8.02. The SMILES string of the molecule is N#C/C(=C/Nc1ccc(Cl)c([N+](=O)[O-])c1)C(=O)NCCc1ccccc1. The van der Waals surface area contributed by atoms with Crippen LogP contribution in [0.2, 0.25) is 5.02 Å². The molecule has 0 saturated carbocycles. The smallest absolute Gasteiger partial charge is 0.289 e. The third kappa shape index (κ3) is 5.33. The number of rotatable bonds is 7. The van der Waals surface area contributed by atoms with Crippen molar-refractivity contribution in [2.75, 3.05) is 11.9 Å². The third-order valence-corrected chi connectivity index (χ3v) is 3.75. The first-order valence-electron chi connectivity index (χ1n) is 7.64. The van der Waals surface area contributed by atoms with E-state index in [4.69, 9.17) is 16.9 Å². The van der Waals surface area contributed by atoms with Crippen molar-refractivity contribution in [2.45, 2.75) is 6.42 Å². The maximum atomic E-state index is 12.0. The zero-order valence-corrected chi connectivity index (χ0v) is 14.4. The van der Waals surface area contributed by atoms with Crippen molar-refractivity contribution in [2.24, 2.45) is 0 Å². The van der Waals surface area contributed by atoms with Gasteiger partial charge in [-0.3, -0.25) is 14.9 Å². The van der Waals surface area contributed by atoms with E-state index in [1.807, 2.05) is 30.3 Å². The molecule has 0 unspecified atom stereocenters. The van der Waals surface area contributed by atoms with Crippen molar-refractivity contribution in [1.82, 2.24) is 5.32 Å². The predicted octanol–water partition coefficient (Wildman–Crippen LogP) is 3.43. The molecule has 2 aromatic rings. The molecule has 0 saturated heterocycles. The molecule has 0 aliphatic carbocycles. The number of halogens is 1. The molecule has 2 N–H and O–H groups in total. The number of nitrogens with one attached hydrogen (secondary N) is 2. The normalized spacial score (nSPS) is 10.7. The Balaban J connectivity index is 1.97. The van der Waals surface area contributed by atoms with Gasteiger partial charge in [-0.05, 0) is 24.1 Å². The molecule has 132 valence electrons. The Morgan fingerprint density at radius 3 is 2.65 bits per heavy atom. The molecule has 0 heterocycles. The predicted molar refractivity (Wildman–Crippen MR) is 98.6 cm³/mol. The van der Waals surface area contributed by atoms with Gasteiger partial charge in [0.25, 0.3) is 11.6 Å². The lowest BCUT2D eigenvalue weighted by molar-refractivity contribution is -0.384. The second-order valence-electron chi connectivity index (χ2n) is 5.23. The second-order valence-corrected chi connectivity index (χ2v) is 5.64. The number of carbonyl (C=O) groups excluding carboxylic acids is 1. The molecule has 2 aromatic carbocycles. The second kappa shape index (κ2) is 9.20. The topological polar surface area (TPSA) is 108 Å². The van der Waals surface area contributed by atoms with Crippen LogP contribution in [0.3, 0.4) is 0 Å². The maximum Gasteiger partial charge on any atom is 0.289 e. The molecule has 7 nitrogen and oxygen atoms in total. The van der Waals surface area contributed by atoms with E-state index >= 15 is 0 Å². The Labute approximate surface area is 155 Å². The fourth-order valence-corrected chi connectivity index (χ4v) is 2.29. The molecule has 1 amide bonds. The number of nitro benzene ring substituents is 1. The van der Waals surface area contributed by atoms with Gasteiger partial charge >= 0.3 is 0 Å². The fraction of sp³-hybridized carbons (Fsp3) is 0.111. The van der Waals surface area contributed by atoms with Crippen LogP contribution in [0.4, 0.5) is 11.4 Å². The maximum absolute atomic E-state index is 12.0. The minimum atomic E-state index is -0.612. The lowest BCUT2D eigenvalue weighted by atomic mass is 10.1. The zero-order chi connectivity index (χ0) is 18.9. The van der Waals surface area contributed by atoms with Crippen molar-refractivity contribution in [3.8, 4) is 6.07 Å². The van der Waals surface area contributed by atoms with Gasteiger partial charge in [-0.15, -0.1) is 0 Å². The van der Waals surface area contributed by atoms with Crippen molar-refractivity contribution < 1.29 is 9.72 Å². The lowest BCUT2D eigenvalue weighted by Gasteiger charge is -2.06. The summed E-state index contributed by atoms with van der Waals surface area (Å²) in [6, 6.07) is 15.5. The van der Waals surface area contributed by atoms with Crippen LogP contribution in [-0.4, -0.2) is 17.4 Å². The molecule has 0 spiro atoms. The molecule has 0 radical (unpaired) electrons. The number of nitro groups is 1. The van der Waals surface area contributed by atoms with E-state index in [0.29, 0.717) is 18.7 Å². The summed E-state index contributed by atoms with van der Waals surface area (Å²) in [5, 5.41) is 25.4. The van der Waals surface area contributed by atoms with Crippen molar-refractivity contribution in [1.29, 1.82) is 5.26 Å². The number of carbonyl (C=O) groups is 1. The molecular formula is C18H15ClN4O3. The van der Waals surface area contributed by atoms with Crippen molar-refractivity contribution >= 4 is 28.9 Å². The van der Waals surface area contributed by atoms with E-state index in [1.165, 1.54) is 24.4 Å². The Morgan fingerprint density at radius 1 is 1.27 bits per heavy atom. The highest BCUT2D eigenvalue weighted by molar-refractivity contribution is 6.32. The zero-order valence-electron chi connectivity index (χ0n) is 13.6. The van der Waals surface area contributed by atoms with Crippen LogP contribution in [0.5, 0.6) is 0 Å². The number of nitrogens with zero attached hydrogens (tertiary/aromatic N) is 2. The van der Waals surface area contributed by atoms with E-state index < -0.39 is 10.8 Å². The van der Waals surface area contributed by atoms with Gasteiger partial charge in [0.2, 0.25) is 0 Å². The summed E-state index contributed by atoms with van der Waals surface area (Å²) in [7, 11) is 0. The molecule has 0 aliphatic rings. The van der Waals surface area contributed by atoms with E-state index in [0.717, 1.165) is 5.56 Å². The van der Waals surface area contributed by atoms with Crippen LogP contribution < -0.4 is 10.6 Å². The quantitative estimate of drug-likeness (QED) is 0.336. The van der Waals surface area contributed by atoms with Gasteiger partial charge in [0.1, 0.15) is 16.7 Å². The largest absolute Gasteiger partial charge is 0.360 e. The Hall–Kier alpha value is -3.37. The highest BCUT2D eigenvalue weighted by Crippen LogP contribution is 2.27. The number of hydrogen-bond donors (Lipinski definition) is 2. The molecular weight excluding hydrogens is 356 g/mol. The molecule has 0 aliphatic heterocycles. The first kappa shape index (κ1) is 19.0. The monoisotopic (exact) mass is 370 g/mol. The number of anilines is 1. The fourth-order valence-electron chi connectivity index (χ4n) is 2.11. The third-order valence-electron chi connectivity index (χ3n) is 3.43. The minimum Gasteiger partial charge on any atom is -0.360 e. The van der Waals surface area contributed by atoms with Gasteiger partial charge in [-0.1, -0.05) is 41.9 Å². The molecule has 0 atom stereocenters. The van der Waals surface area contributed by atoms with Gasteiger partial charge in [0, 0.05) is 24.5 Å². The molecule has 0 fully saturated rings. The highest BCUT2D eigenvalue weighted by atomic mass is 35.5. The van der Waals surface area contributed by atoms with Gasteiger partial charge in [0.05, 0.1) is 4.92 Å². The van der Waals surface area contributed by atoms with E-state index in [9.17, 15) is 14.9 Å². The number of nitriles is 1. The average molecular weight is 371 g/mol. The van der Waals surface area contributed by atoms with Crippen LogP contribution in [0.1, 0.15) is 5.56 Å². The molecule has 0 bridgehead atoms. The van der Waals surface area contributed by atoms with Gasteiger partial charge in [-0.2, -0.15) is 5.26 Å². The van der Waals surface area contributed by atoms with Crippen LogP contribution >= 0.6 is 11.6 Å². The van der Waals surface area contributed by atoms with Gasteiger partial charge < -0.3 is 10.6 Å². The molecule has 8 heteroatoms. The summed E-state index contributed by atoms with van der Waals surface area (Å²) >= 11 is 5.74. The molecule has 2 rings (SSSR count). The summed E-state index contributed by atoms with van der Waals surface area (Å²) in [5.41, 5.74) is 0.999. The van der Waals surface area contributed by atoms with E-state index in [2.05, 4.69) is 10.6 Å². The summed E-state index contributed by atoms with van der Waals surface area (Å²) in [6.45, 7) is 0.383. The summed E-state index contributed by atoms with van der Waals surface area (Å²) < 4.78 is 0. The van der Waals surface area contributed by atoms with Gasteiger partial charge in [-0.25, -0.2) is 0 Å². The summed E-state index contributed by atoms with van der Waals surface area (Å²) in [6.07, 6.45) is 1.84. The van der Waals surface area contributed by atoms with Crippen LogP contribution in [0.15, 0.2) is 60.3 Å². The standard InChI is InChI=1S/C18H15ClN4O3/c19-16-7-6-15(10-17(16)23(25)26)22-12-14(11-20)18(24)21-9-8-13-4-2-1-3-5-13/h1-7,10,12,22H,8-9H2,(H,21,24)/b14-12-. The summed E-state index contributed by atoms with van der Waals surface area (Å²) in [5.74, 6) is -0.528. The minimum absolute atomic E-state index is 0.00342. The molecule has 0 aromatic heterocycles. The summed E-state index contributed by atoms with van der Waals surface area (Å²) in [4.78, 5) is 22.3. The Bertz CT molecular complexity index is 876. The van der Waals surface area contributed by atoms with E-state index in [-0.39, 0.29) is 16.3 Å². The molecule has 26 heavy (non-hydrogen) atoms. The lowest BCUT2D eigenvalue weighted by Crippen LogP contribution is -2.27.